The lowest BCUT2D eigenvalue weighted by atomic mass is 10.0. The fourth-order valence-corrected chi connectivity index (χ4v) is 4.88. The second-order valence-electron chi connectivity index (χ2n) is 6.52. The van der Waals surface area contributed by atoms with E-state index in [1.54, 1.807) is 18.2 Å². The molecule has 3 atom stereocenters. The van der Waals surface area contributed by atoms with Crippen molar-refractivity contribution in [2.24, 2.45) is 0 Å². The lowest BCUT2D eigenvalue weighted by Gasteiger charge is -2.31. The van der Waals surface area contributed by atoms with Crippen molar-refractivity contribution in [3.8, 4) is 0 Å². The smallest absolute Gasteiger partial charge is 0.335 e. The highest BCUT2D eigenvalue weighted by Gasteiger charge is 2.29. The van der Waals surface area contributed by atoms with Crippen molar-refractivity contribution in [3.05, 3.63) is 71.3 Å². The molecule has 0 aliphatic carbocycles. The van der Waals surface area contributed by atoms with Gasteiger partial charge in [-0.05, 0) is 23.3 Å². The van der Waals surface area contributed by atoms with Crippen LogP contribution in [0.4, 0.5) is 0 Å². The van der Waals surface area contributed by atoms with Crippen molar-refractivity contribution in [1.29, 1.82) is 0 Å². The van der Waals surface area contributed by atoms with Crippen LogP contribution in [0.1, 0.15) is 27.5 Å². The van der Waals surface area contributed by atoms with Gasteiger partial charge in [0.1, 0.15) is 0 Å². The van der Waals surface area contributed by atoms with Crippen molar-refractivity contribution >= 4 is 13.3 Å². The molecule has 1 aliphatic heterocycles. The molecule has 7 heteroatoms. The molecule has 2 aromatic rings. The first-order valence-electron chi connectivity index (χ1n) is 8.46. The number of ether oxygens (including phenoxy) is 1. The number of carboxylic acid groups (broad SMARTS) is 1. The summed E-state index contributed by atoms with van der Waals surface area (Å²) in [5.74, 6) is -0.969. The SMILES string of the molecule is O=C(O)c1cccc(C2COC(CP(=O)(O)Cc3ccccc3)CN2)c1. The van der Waals surface area contributed by atoms with E-state index in [9.17, 15) is 14.3 Å². The predicted molar refractivity (Wildman–Crippen MR) is 98.7 cm³/mol. The van der Waals surface area contributed by atoms with Crippen LogP contribution in [0.5, 0.6) is 0 Å². The van der Waals surface area contributed by atoms with Crippen LogP contribution in [0.3, 0.4) is 0 Å². The Morgan fingerprint density at radius 2 is 1.96 bits per heavy atom. The normalized spacial score (nSPS) is 22.5. The van der Waals surface area contributed by atoms with Gasteiger partial charge in [0.2, 0.25) is 7.37 Å². The summed E-state index contributed by atoms with van der Waals surface area (Å²) in [5.41, 5.74) is 1.90. The number of morpholine rings is 1. The van der Waals surface area contributed by atoms with E-state index in [1.165, 1.54) is 0 Å². The molecule has 6 nitrogen and oxygen atoms in total. The molecule has 1 heterocycles. The molecule has 0 bridgehead atoms. The molecule has 0 spiro atoms. The zero-order valence-electron chi connectivity index (χ0n) is 14.2. The maximum absolute atomic E-state index is 12.5. The summed E-state index contributed by atoms with van der Waals surface area (Å²) < 4.78 is 18.3. The van der Waals surface area contributed by atoms with Gasteiger partial charge in [-0.1, -0.05) is 42.5 Å². The van der Waals surface area contributed by atoms with Gasteiger partial charge >= 0.3 is 5.97 Å². The number of hydrogen-bond acceptors (Lipinski definition) is 4. The van der Waals surface area contributed by atoms with Gasteiger partial charge in [-0.3, -0.25) is 4.57 Å². The molecule has 3 rings (SSSR count). The molecule has 3 unspecified atom stereocenters. The molecule has 138 valence electrons. The molecule has 0 saturated carbocycles. The minimum Gasteiger partial charge on any atom is -0.478 e. The number of aromatic carboxylic acids is 1. The Morgan fingerprint density at radius 3 is 2.62 bits per heavy atom. The Hall–Kier alpha value is -1.98. The molecule has 0 radical (unpaired) electrons. The Bertz CT molecular complexity index is 803. The highest BCUT2D eigenvalue weighted by Crippen LogP contribution is 2.45. The summed E-state index contributed by atoms with van der Waals surface area (Å²) in [5, 5.41) is 12.4. The quantitative estimate of drug-likeness (QED) is 0.672. The summed E-state index contributed by atoms with van der Waals surface area (Å²) in [7, 11) is -3.34. The van der Waals surface area contributed by atoms with Gasteiger partial charge in [0.15, 0.2) is 0 Å². The Kier molecular flexibility index (Phi) is 5.89. The zero-order chi connectivity index (χ0) is 18.6. The van der Waals surface area contributed by atoms with Gasteiger partial charge in [0, 0.05) is 12.7 Å². The summed E-state index contributed by atoms with van der Waals surface area (Å²) >= 11 is 0. The van der Waals surface area contributed by atoms with E-state index >= 15 is 0 Å². The summed E-state index contributed by atoms with van der Waals surface area (Å²) in [6.45, 7) is 0.778. The first-order valence-corrected chi connectivity index (χ1v) is 10.5. The van der Waals surface area contributed by atoms with Crippen LogP contribution in [0.2, 0.25) is 0 Å². The number of carboxylic acids is 1. The van der Waals surface area contributed by atoms with Crippen molar-refractivity contribution in [3.63, 3.8) is 0 Å². The van der Waals surface area contributed by atoms with Crippen molar-refractivity contribution in [2.45, 2.75) is 18.3 Å². The average Bonchev–Trinajstić information content (AvgIpc) is 2.62. The highest BCUT2D eigenvalue weighted by atomic mass is 31.2. The number of rotatable bonds is 6. The molecule has 1 saturated heterocycles. The second kappa shape index (κ2) is 8.14. The van der Waals surface area contributed by atoms with Crippen molar-refractivity contribution in [2.75, 3.05) is 19.3 Å². The Balaban J connectivity index is 1.56. The molecule has 3 N–H and O–H groups in total. The topological polar surface area (TPSA) is 95.9 Å². The van der Waals surface area contributed by atoms with E-state index in [0.29, 0.717) is 13.2 Å². The number of hydrogen-bond donors (Lipinski definition) is 3. The lowest BCUT2D eigenvalue weighted by molar-refractivity contribution is 0.0156. The molecule has 2 aromatic carbocycles. The van der Waals surface area contributed by atoms with E-state index in [-0.39, 0.29) is 30.0 Å². The van der Waals surface area contributed by atoms with Crippen LogP contribution >= 0.6 is 7.37 Å². The standard InChI is InChI=1S/C19H22NO5P/c21-19(22)16-8-4-7-15(9-16)18-11-25-17(10-20-18)13-26(23,24)12-14-5-2-1-3-6-14/h1-9,17-18,20H,10-13H2,(H,21,22)(H,23,24). The van der Waals surface area contributed by atoms with Gasteiger partial charge in [0.25, 0.3) is 0 Å². The molecule has 1 aliphatic rings. The maximum atomic E-state index is 12.5. The predicted octanol–water partition coefficient (Wildman–Crippen LogP) is 2.88. The van der Waals surface area contributed by atoms with E-state index in [0.717, 1.165) is 11.1 Å². The maximum Gasteiger partial charge on any atom is 0.335 e. The third kappa shape index (κ3) is 5.02. The van der Waals surface area contributed by atoms with Crippen LogP contribution in [0.15, 0.2) is 54.6 Å². The fourth-order valence-electron chi connectivity index (χ4n) is 3.10. The number of nitrogens with one attached hydrogen (secondary N) is 1. The summed E-state index contributed by atoms with van der Waals surface area (Å²) in [6.07, 6.45) is -0.109. The van der Waals surface area contributed by atoms with E-state index < -0.39 is 13.3 Å². The number of benzene rings is 2. The zero-order valence-corrected chi connectivity index (χ0v) is 15.1. The second-order valence-corrected chi connectivity index (χ2v) is 8.89. The van der Waals surface area contributed by atoms with Gasteiger partial charge in [-0.15, -0.1) is 0 Å². The molecule has 26 heavy (non-hydrogen) atoms. The summed E-state index contributed by atoms with van der Waals surface area (Å²) in [6, 6.07) is 15.8. The van der Waals surface area contributed by atoms with Crippen LogP contribution in [0.25, 0.3) is 0 Å². The molecular formula is C19H22NO5P. The third-order valence-electron chi connectivity index (χ3n) is 4.39. The van der Waals surface area contributed by atoms with Gasteiger partial charge in [-0.2, -0.15) is 0 Å². The van der Waals surface area contributed by atoms with Crippen molar-refractivity contribution in [1.82, 2.24) is 5.32 Å². The lowest BCUT2D eigenvalue weighted by Crippen LogP contribution is -2.42. The minimum atomic E-state index is -3.34. The van der Waals surface area contributed by atoms with Gasteiger partial charge in [0.05, 0.1) is 30.5 Å². The van der Waals surface area contributed by atoms with E-state index in [4.69, 9.17) is 9.84 Å². The number of carbonyl (C=O) groups is 1. The van der Waals surface area contributed by atoms with E-state index in [2.05, 4.69) is 5.32 Å². The van der Waals surface area contributed by atoms with Gasteiger partial charge in [-0.25, -0.2) is 4.79 Å². The third-order valence-corrected chi connectivity index (χ3v) is 6.22. The largest absolute Gasteiger partial charge is 0.478 e. The molecule has 0 aromatic heterocycles. The Labute approximate surface area is 152 Å². The van der Waals surface area contributed by atoms with Crippen LogP contribution in [-0.4, -0.2) is 41.4 Å². The summed E-state index contributed by atoms with van der Waals surface area (Å²) in [4.78, 5) is 21.4. The van der Waals surface area contributed by atoms with Crippen molar-refractivity contribution < 1.29 is 24.1 Å². The Morgan fingerprint density at radius 1 is 1.19 bits per heavy atom. The average molecular weight is 375 g/mol. The van der Waals surface area contributed by atoms with Gasteiger partial charge < -0.3 is 20.1 Å². The van der Waals surface area contributed by atoms with Crippen LogP contribution < -0.4 is 5.32 Å². The first kappa shape index (κ1) is 18.8. The van der Waals surface area contributed by atoms with Crippen LogP contribution in [-0.2, 0) is 15.5 Å². The molecule has 1 fully saturated rings. The monoisotopic (exact) mass is 375 g/mol. The fraction of sp³-hybridized carbons (Fsp3) is 0.316. The highest BCUT2D eigenvalue weighted by molar-refractivity contribution is 7.57. The van der Waals surface area contributed by atoms with E-state index in [1.807, 2.05) is 36.4 Å². The van der Waals surface area contributed by atoms with Crippen LogP contribution in [0, 0.1) is 0 Å². The molecule has 0 amide bonds. The first-order chi connectivity index (χ1) is 12.4. The minimum absolute atomic E-state index is 0.0940. The molecular weight excluding hydrogens is 353 g/mol.